The lowest BCUT2D eigenvalue weighted by Crippen LogP contribution is -2.40. The molecule has 0 unspecified atom stereocenters. The molecule has 1 saturated heterocycles. The minimum atomic E-state index is 0.767. The highest BCUT2D eigenvalue weighted by Crippen LogP contribution is 2.17. The molecule has 2 atom stereocenters. The first-order valence-corrected chi connectivity index (χ1v) is 7.59. The summed E-state index contributed by atoms with van der Waals surface area (Å²) in [6, 6.07) is 1.60. The third-order valence-corrected chi connectivity index (χ3v) is 3.87. The topological polar surface area (TPSA) is 12.0 Å². The van der Waals surface area contributed by atoms with Crippen molar-refractivity contribution in [1.82, 2.24) is 5.32 Å². The molecular formula is C15H31N. The molecule has 16 heavy (non-hydrogen) atoms. The van der Waals surface area contributed by atoms with E-state index in [0.29, 0.717) is 0 Å². The van der Waals surface area contributed by atoms with Gasteiger partial charge in [-0.1, -0.05) is 58.3 Å². The first kappa shape index (κ1) is 14.0. The van der Waals surface area contributed by atoms with Gasteiger partial charge in [-0.3, -0.25) is 0 Å². The molecule has 0 aromatic rings. The summed E-state index contributed by atoms with van der Waals surface area (Å²) < 4.78 is 0. The smallest absolute Gasteiger partial charge is 0.00695 e. The maximum atomic E-state index is 3.73. The van der Waals surface area contributed by atoms with Crippen LogP contribution in [0.2, 0.25) is 0 Å². The number of hydrogen-bond acceptors (Lipinski definition) is 1. The fraction of sp³-hybridized carbons (Fsp3) is 1.00. The second-order valence-electron chi connectivity index (χ2n) is 5.61. The van der Waals surface area contributed by atoms with E-state index >= 15 is 0 Å². The van der Waals surface area contributed by atoms with Crippen molar-refractivity contribution in [2.75, 3.05) is 0 Å². The van der Waals surface area contributed by atoms with E-state index in [4.69, 9.17) is 0 Å². The number of nitrogens with one attached hydrogen (secondary N) is 1. The number of rotatable bonds is 8. The molecule has 1 fully saturated rings. The molecule has 0 bridgehead atoms. The Bertz CT molecular complexity index is 156. The molecule has 0 radical (unpaired) electrons. The Labute approximate surface area is 102 Å². The van der Waals surface area contributed by atoms with Gasteiger partial charge in [0.25, 0.3) is 0 Å². The van der Waals surface area contributed by atoms with E-state index in [9.17, 15) is 0 Å². The third kappa shape index (κ3) is 6.52. The molecule has 1 heteroatoms. The van der Waals surface area contributed by atoms with Crippen LogP contribution in [0.25, 0.3) is 0 Å². The summed E-state index contributed by atoms with van der Waals surface area (Å²) >= 11 is 0. The van der Waals surface area contributed by atoms with Gasteiger partial charge in [-0.05, 0) is 26.2 Å². The highest BCUT2D eigenvalue weighted by molar-refractivity contribution is 4.77. The average molecular weight is 225 g/mol. The molecule has 0 amide bonds. The predicted molar refractivity (Wildman–Crippen MR) is 72.8 cm³/mol. The van der Waals surface area contributed by atoms with Crippen LogP contribution in [0.3, 0.4) is 0 Å². The normalized spacial score (nSPS) is 25.9. The van der Waals surface area contributed by atoms with Crippen molar-refractivity contribution in [2.45, 2.75) is 96.6 Å². The average Bonchev–Trinajstić information content (AvgIpc) is 2.28. The van der Waals surface area contributed by atoms with Crippen molar-refractivity contribution in [3.8, 4) is 0 Å². The second-order valence-corrected chi connectivity index (χ2v) is 5.61. The lowest BCUT2D eigenvalue weighted by atomic mass is 9.95. The number of piperidine rings is 1. The van der Waals surface area contributed by atoms with E-state index in [1.54, 1.807) is 0 Å². The fourth-order valence-electron chi connectivity index (χ4n) is 2.81. The van der Waals surface area contributed by atoms with Crippen LogP contribution < -0.4 is 5.32 Å². The number of unbranched alkanes of at least 4 members (excludes halogenated alkanes) is 6. The van der Waals surface area contributed by atoms with E-state index in [1.807, 2.05) is 0 Å². The lowest BCUT2D eigenvalue weighted by Gasteiger charge is -2.28. The summed E-state index contributed by atoms with van der Waals surface area (Å²) in [5.74, 6) is 0. The first-order chi connectivity index (χ1) is 7.83. The standard InChI is InChI=1S/C15H31N/c1-3-4-5-6-7-8-9-12-15-13-10-11-14(2)16-15/h14-16H,3-13H2,1-2H3/t14-,15-/m0/s1. The number of hydrogen-bond donors (Lipinski definition) is 1. The van der Waals surface area contributed by atoms with Gasteiger partial charge in [0.1, 0.15) is 0 Å². The van der Waals surface area contributed by atoms with Gasteiger partial charge in [0, 0.05) is 12.1 Å². The van der Waals surface area contributed by atoms with Crippen LogP contribution >= 0.6 is 0 Å². The minimum absolute atomic E-state index is 0.767. The van der Waals surface area contributed by atoms with Gasteiger partial charge in [-0.25, -0.2) is 0 Å². The monoisotopic (exact) mass is 225 g/mol. The molecular weight excluding hydrogens is 194 g/mol. The van der Waals surface area contributed by atoms with Crippen LogP contribution in [-0.4, -0.2) is 12.1 Å². The van der Waals surface area contributed by atoms with Crippen LogP contribution in [0.1, 0.15) is 84.5 Å². The Morgan fingerprint density at radius 2 is 1.62 bits per heavy atom. The molecule has 1 heterocycles. The summed E-state index contributed by atoms with van der Waals surface area (Å²) in [5.41, 5.74) is 0. The van der Waals surface area contributed by atoms with Gasteiger partial charge in [0.05, 0.1) is 0 Å². The molecule has 1 aliphatic rings. The maximum Gasteiger partial charge on any atom is 0.00695 e. The zero-order chi connectivity index (χ0) is 11.6. The Morgan fingerprint density at radius 3 is 2.31 bits per heavy atom. The van der Waals surface area contributed by atoms with Crippen LogP contribution in [0.5, 0.6) is 0 Å². The van der Waals surface area contributed by atoms with Crippen LogP contribution in [0.4, 0.5) is 0 Å². The Morgan fingerprint density at radius 1 is 0.938 bits per heavy atom. The molecule has 0 aliphatic carbocycles. The SMILES string of the molecule is CCCCCCCCC[C@H]1CCC[C@H](C)N1. The molecule has 0 aromatic heterocycles. The van der Waals surface area contributed by atoms with E-state index in [2.05, 4.69) is 19.2 Å². The quantitative estimate of drug-likeness (QED) is 0.593. The molecule has 0 spiro atoms. The van der Waals surface area contributed by atoms with Gasteiger partial charge < -0.3 is 5.32 Å². The molecule has 1 aliphatic heterocycles. The van der Waals surface area contributed by atoms with E-state index < -0.39 is 0 Å². The lowest BCUT2D eigenvalue weighted by molar-refractivity contribution is 0.314. The Kier molecular flexibility index (Phi) is 7.92. The summed E-state index contributed by atoms with van der Waals surface area (Å²) in [4.78, 5) is 0. The van der Waals surface area contributed by atoms with Gasteiger partial charge >= 0.3 is 0 Å². The third-order valence-electron chi connectivity index (χ3n) is 3.87. The predicted octanol–water partition coefficient (Wildman–Crippen LogP) is 4.66. The molecule has 1 N–H and O–H groups in total. The zero-order valence-corrected chi connectivity index (χ0v) is 11.4. The minimum Gasteiger partial charge on any atom is -0.312 e. The second kappa shape index (κ2) is 9.04. The van der Waals surface area contributed by atoms with Crippen molar-refractivity contribution in [2.24, 2.45) is 0 Å². The maximum absolute atomic E-state index is 3.73. The molecule has 1 nitrogen and oxygen atoms in total. The summed E-state index contributed by atoms with van der Waals surface area (Å²) in [5, 5.41) is 3.73. The molecule has 0 aromatic carbocycles. The highest BCUT2D eigenvalue weighted by Gasteiger charge is 2.16. The van der Waals surface area contributed by atoms with Crippen molar-refractivity contribution in [3.63, 3.8) is 0 Å². The van der Waals surface area contributed by atoms with E-state index in [1.165, 1.54) is 70.6 Å². The van der Waals surface area contributed by atoms with Gasteiger partial charge in [-0.2, -0.15) is 0 Å². The van der Waals surface area contributed by atoms with Crippen molar-refractivity contribution in [3.05, 3.63) is 0 Å². The zero-order valence-electron chi connectivity index (χ0n) is 11.4. The van der Waals surface area contributed by atoms with Crippen molar-refractivity contribution < 1.29 is 0 Å². The fourth-order valence-corrected chi connectivity index (χ4v) is 2.81. The van der Waals surface area contributed by atoms with Crippen LogP contribution in [0.15, 0.2) is 0 Å². The van der Waals surface area contributed by atoms with E-state index in [0.717, 1.165) is 12.1 Å². The van der Waals surface area contributed by atoms with Gasteiger partial charge in [0.15, 0.2) is 0 Å². The largest absolute Gasteiger partial charge is 0.312 e. The van der Waals surface area contributed by atoms with Gasteiger partial charge in [-0.15, -0.1) is 0 Å². The molecule has 96 valence electrons. The summed E-state index contributed by atoms with van der Waals surface area (Å²) in [6.07, 6.45) is 15.7. The molecule has 0 saturated carbocycles. The van der Waals surface area contributed by atoms with Crippen molar-refractivity contribution in [1.29, 1.82) is 0 Å². The van der Waals surface area contributed by atoms with Crippen LogP contribution in [0, 0.1) is 0 Å². The Hall–Kier alpha value is -0.0400. The summed E-state index contributed by atoms with van der Waals surface area (Å²) in [6.45, 7) is 4.62. The van der Waals surface area contributed by atoms with Crippen molar-refractivity contribution >= 4 is 0 Å². The van der Waals surface area contributed by atoms with Gasteiger partial charge in [0.2, 0.25) is 0 Å². The highest BCUT2D eigenvalue weighted by atomic mass is 15.0. The van der Waals surface area contributed by atoms with E-state index in [-0.39, 0.29) is 0 Å². The van der Waals surface area contributed by atoms with Crippen LogP contribution in [-0.2, 0) is 0 Å². The Balaban J connectivity index is 1.86. The summed E-state index contributed by atoms with van der Waals surface area (Å²) in [7, 11) is 0. The first-order valence-electron chi connectivity index (χ1n) is 7.59. The molecule has 1 rings (SSSR count).